The maximum absolute atomic E-state index is 15.3. The summed E-state index contributed by atoms with van der Waals surface area (Å²) in [4.78, 5) is 11.0. The minimum absolute atomic E-state index is 0.00794. The fraction of sp³-hybridized carbons (Fsp3) is 0.389. The van der Waals surface area contributed by atoms with E-state index in [2.05, 4.69) is 21.0 Å². The molecule has 0 aromatic carbocycles. The monoisotopic (exact) mass is 418 g/mol. The molecule has 0 saturated carbocycles. The summed E-state index contributed by atoms with van der Waals surface area (Å²) in [5, 5.41) is 9.59. The first-order valence-electron chi connectivity index (χ1n) is 9.02. The number of hydrogen-bond acceptors (Lipinski definition) is 5. The molecule has 4 heterocycles. The van der Waals surface area contributed by atoms with Crippen molar-refractivity contribution in [3.8, 4) is 17.3 Å². The van der Waals surface area contributed by atoms with Crippen LogP contribution in [-0.4, -0.2) is 51.1 Å². The molecule has 2 aliphatic rings. The third-order valence-electron chi connectivity index (χ3n) is 5.88. The van der Waals surface area contributed by atoms with Gasteiger partial charge in [0.25, 0.3) is 0 Å². The van der Waals surface area contributed by atoms with E-state index in [-0.39, 0.29) is 47.3 Å². The standard InChI is InChI=1S/C18H16F2N6O2S/c1-2-29(27,28)26-8-17(9-26,3-4-21)25-6-11-13(7-25)18(19,20)12-5-22-16-14(12)15(11)23-10-24-16/h5-7,10H,2-3,8-9H2,1H3,(H,22,23,24). The van der Waals surface area contributed by atoms with Gasteiger partial charge in [0, 0.05) is 37.2 Å². The number of H-pyrrole nitrogens is 1. The quantitative estimate of drug-likeness (QED) is 0.699. The molecule has 8 nitrogen and oxygen atoms in total. The van der Waals surface area contributed by atoms with Crippen LogP contribution in [0.5, 0.6) is 0 Å². The molecule has 11 heteroatoms. The first kappa shape index (κ1) is 18.2. The Morgan fingerprint density at radius 2 is 2.03 bits per heavy atom. The van der Waals surface area contributed by atoms with Crippen molar-refractivity contribution in [2.24, 2.45) is 0 Å². The zero-order valence-corrected chi connectivity index (χ0v) is 16.2. The Labute approximate surface area is 164 Å². The lowest BCUT2D eigenvalue weighted by molar-refractivity contribution is 0.0426. The molecule has 0 spiro atoms. The average molecular weight is 418 g/mol. The molecule has 150 valence electrons. The number of alkyl halides is 2. The van der Waals surface area contributed by atoms with E-state index in [1.807, 2.05) is 0 Å². The van der Waals surface area contributed by atoms with Crippen molar-refractivity contribution in [1.82, 2.24) is 23.8 Å². The third-order valence-corrected chi connectivity index (χ3v) is 7.66. The van der Waals surface area contributed by atoms with Crippen molar-refractivity contribution in [2.75, 3.05) is 18.8 Å². The second kappa shape index (κ2) is 5.61. The van der Waals surface area contributed by atoms with E-state index in [1.54, 1.807) is 17.7 Å². The molecule has 0 amide bonds. The lowest BCUT2D eigenvalue weighted by Crippen LogP contribution is -2.63. The second-order valence-corrected chi connectivity index (χ2v) is 9.70. The average Bonchev–Trinajstić information content (AvgIpc) is 3.29. The molecule has 0 radical (unpaired) electrons. The molecule has 1 saturated heterocycles. The highest BCUT2D eigenvalue weighted by molar-refractivity contribution is 7.89. The number of nitrogens with zero attached hydrogens (tertiary/aromatic N) is 5. The van der Waals surface area contributed by atoms with Gasteiger partial charge in [0.2, 0.25) is 10.0 Å². The van der Waals surface area contributed by atoms with Crippen LogP contribution in [-0.2, 0) is 21.5 Å². The van der Waals surface area contributed by atoms with Crippen LogP contribution in [0.4, 0.5) is 8.78 Å². The van der Waals surface area contributed by atoms with Crippen LogP contribution in [0.25, 0.3) is 22.3 Å². The Kier molecular flexibility index (Phi) is 3.52. The first-order chi connectivity index (χ1) is 13.7. The number of halogens is 2. The highest BCUT2D eigenvalue weighted by atomic mass is 32.2. The number of fused-ring (bicyclic) bond motifs is 2. The summed E-state index contributed by atoms with van der Waals surface area (Å²) in [6.07, 6.45) is 5.44. The first-order valence-corrected chi connectivity index (χ1v) is 10.6. The lowest BCUT2D eigenvalue weighted by Gasteiger charge is -2.49. The van der Waals surface area contributed by atoms with Crippen LogP contribution in [0, 0.1) is 11.3 Å². The number of sulfonamides is 1. The predicted octanol–water partition coefficient (Wildman–Crippen LogP) is 2.15. The van der Waals surface area contributed by atoms with Crippen molar-refractivity contribution in [3.63, 3.8) is 0 Å². The van der Waals surface area contributed by atoms with Gasteiger partial charge < -0.3 is 9.55 Å². The smallest absolute Gasteiger partial charge is 0.302 e. The summed E-state index contributed by atoms with van der Waals surface area (Å²) in [6, 6.07) is 2.07. The van der Waals surface area contributed by atoms with Gasteiger partial charge in [0.05, 0.1) is 46.0 Å². The topological polar surface area (TPSA) is 108 Å². The van der Waals surface area contributed by atoms with Gasteiger partial charge in [0.1, 0.15) is 12.0 Å². The maximum atomic E-state index is 15.3. The molecule has 3 aromatic heterocycles. The van der Waals surface area contributed by atoms with Crippen LogP contribution in [0.1, 0.15) is 24.5 Å². The van der Waals surface area contributed by atoms with Crippen LogP contribution < -0.4 is 0 Å². The molecule has 1 aliphatic heterocycles. The van der Waals surface area contributed by atoms with Crippen molar-refractivity contribution in [1.29, 1.82) is 5.26 Å². The number of hydrogen-bond donors (Lipinski definition) is 1. The Morgan fingerprint density at radius 3 is 2.72 bits per heavy atom. The highest BCUT2D eigenvalue weighted by Gasteiger charge is 2.51. The van der Waals surface area contributed by atoms with Crippen molar-refractivity contribution >= 4 is 21.1 Å². The molecular weight excluding hydrogens is 402 g/mol. The molecular formula is C18H16F2N6O2S. The zero-order chi connectivity index (χ0) is 20.6. The Hall–Kier alpha value is -2.84. The molecule has 3 aromatic rings. The zero-order valence-electron chi connectivity index (χ0n) is 15.4. The largest absolute Gasteiger partial charge is 0.346 e. The minimum atomic E-state index is -3.41. The molecule has 5 rings (SSSR count). The van der Waals surface area contributed by atoms with Crippen LogP contribution in [0.2, 0.25) is 0 Å². The summed E-state index contributed by atoms with van der Waals surface area (Å²) in [5.74, 6) is -3.31. The van der Waals surface area contributed by atoms with E-state index in [4.69, 9.17) is 0 Å². The van der Waals surface area contributed by atoms with Gasteiger partial charge in [-0.3, -0.25) is 0 Å². The van der Waals surface area contributed by atoms with Gasteiger partial charge in [-0.2, -0.15) is 18.3 Å². The molecule has 0 atom stereocenters. The van der Waals surface area contributed by atoms with Gasteiger partial charge in [-0.05, 0) is 6.92 Å². The lowest BCUT2D eigenvalue weighted by atomic mass is 9.89. The van der Waals surface area contributed by atoms with E-state index < -0.39 is 21.5 Å². The molecule has 1 fully saturated rings. The Bertz CT molecular complexity index is 1300. The minimum Gasteiger partial charge on any atom is -0.346 e. The van der Waals surface area contributed by atoms with Gasteiger partial charge in [0.15, 0.2) is 0 Å². The van der Waals surface area contributed by atoms with Gasteiger partial charge in [-0.1, -0.05) is 0 Å². The fourth-order valence-electron chi connectivity index (χ4n) is 4.23. The Morgan fingerprint density at radius 1 is 1.28 bits per heavy atom. The van der Waals surface area contributed by atoms with Gasteiger partial charge in [-0.25, -0.2) is 18.4 Å². The van der Waals surface area contributed by atoms with Crippen LogP contribution in [0.3, 0.4) is 0 Å². The van der Waals surface area contributed by atoms with Gasteiger partial charge >= 0.3 is 5.92 Å². The van der Waals surface area contributed by atoms with Crippen LogP contribution in [0.15, 0.2) is 24.9 Å². The Balaban J connectivity index is 1.65. The summed E-state index contributed by atoms with van der Waals surface area (Å²) in [7, 11) is -3.41. The van der Waals surface area contributed by atoms with E-state index >= 15 is 8.78 Å². The third kappa shape index (κ3) is 2.27. The summed E-state index contributed by atoms with van der Waals surface area (Å²) < 4.78 is 57.6. The molecule has 0 unspecified atom stereocenters. The van der Waals surface area contributed by atoms with Crippen molar-refractivity contribution in [3.05, 3.63) is 36.0 Å². The number of rotatable bonds is 4. The maximum Gasteiger partial charge on any atom is 0.302 e. The van der Waals surface area contributed by atoms with E-state index in [0.717, 1.165) is 0 Å². The SMILES string of the molecule is CCS(=O)(=O)N1CC(CC#N)(n2cc3c(c2)C(F)(F)c2c[nH]c4ncnc-3c24)C1. The summed E-state index contributed by atoms with van der Waals surface area (Å²) in [5.41, 5.74) is -0.282. The molecule has 1 aliphatic carbocycles. The number of aromatic amines is 1. The van der Waals surface area contributed by atoms with E-state index in [1.165, 1.54) is 23.0 Å². The number of aromatic nitrogens is 4. The predicted molar refractivity (Wildman–Crippen MR) is 99.5 cm³/mol. The summed E-state index contributed by atoms with van der Waals surface area (Å²) in [6.45, 7) is 1.69. The highest BCUT2D eigenvalue weighted by Crippen LogP contribution is 2.51. The molecule has 0 bridgehead atoms. The fourth-order valence-corrected chi connectivity index (χ4v) is 5.47. The number of nitrogens with one attached hydrogen (secondary N) is 1. The molecule has 29 heavy (non-hydrogen) atoms. The summed E-state index contributed by atoms with van der Waals surface area (Å²) >= 11 is 0. The second-order valence-electron chi connectivity index (χ2n) is 7.44. The molecule has 1 N–H and O–H groups in total. The van der Waals surface area contributed by atoms with Crippen molar-refractivity contribution < 1.29 is 17.2 Å². The van der Waals surface area contributed by atoms with E-state index in [9.17, 15) is 13.7 Å². The van der Waals surface area contributed by atoms with Gasteiger partial charge in [-0.15, -0.1) is 0 Å². The van der Waals surface area contributed by atoms with Crippen molar-refractivity contribution in [2.45, 2.75) is 24.8 Å². The normalized spacial score (nSPS) is 19.5. The number of nitriles is 1. The van der Waals surface area contributed by atoms with E-state index in [0.29, 0.717) is 11.3 Å². The van der Waals surface area contributed by atoms with Crippen LogP contribution >= 0.6 is 0 Å².